The van der Waals surface area contributed by atoms with Crippen LogP contribution in [0.25, 0.3) is 10.4 Å². The maximum absolute atomic E-state index is 10.8. The van der Waals surface area contributed by atoms with E-state index in [1.54, 1.807) is 0 Å². The number of carbonyl (C=O) groups is 1. The monoisotopic (exact) mass is 237 g/mol. The minimum Gasteiger partial charge on any atom is -0.394 e. The Morgan fingerprint density at radius 3 is 2.31 bits per heavy atom. The van der Waals surface area contributed by atoms with Crippen molar-refractivity contribution < 1.29 is 35.2 Å². The average Bonchev–Trinajstić information content (AvgIpc) is 2.31. The van der Waals surface area contributed by atoms with Gasteiger partial charge >= 0.3 is 5.97 Å². The first-order valence-corrected chi connectivity index (χ1v) is 4.04. The van der Waals surface area contributed by atoms with Crippen molar-refractivity contribution in [3.8, 4) is 0 Å². The second-order valence-electron chi connectivity index (χ2n) is 2.76. The van der Waals surface area contributed by atoms with E-state index in [1.165, 1.54) is 0 Å². The molecule has 0 unspecified atom stereocenters. The first kappa shape index (κ1) is 14.6. The van der Waals surface area contributed by atoms with Gasteiger partial charge < -0.3 is 30.4 Å². The highest BCUT2D eigenvalue weighted by atomic mass is 16.7. The number of rotatable bonds is 6. The van der Waals surface area contributed by atoms with Crippen molar-refractivity contribution in [3.63, 3.8) is 0 Å². The van der Waals surface area contributed by atoms with Crippen molar-refractivity contribution in [1.82, 2.24) is 0 Å². The molecule has 0 aromatic carbocycles. The molecule has 0 aliphatic rings. The molecule has 0 spiro atoms. The summed E-state index contributed by atoms with van der Waals surface area (Å²) in [6, 6.07) is 0. The van der Waals surface area contributed by atoms with Gasteiger partial charge in [0, 0.05) is 4.91 Å². The highest BCUT2D eigenvalue weighted by Gasteiger charge is 2.35. The first-order chi connectivity index (χ1) is 7.45. The summed E-state index contributed by atoms with van der Waals surface area (Å²) in [5.74, 6) is -1.51. The lowest BCUT2D eigenvalue weighted by atomic mass is 10.0. The molecule has 4 atom stereocenters. The molecule has 0 aliphatic carbocycles. The van der Waals surface area contributed by atoms with Crippen LogP contribution in [0.3, 0.4) is 0 Å². The van der Waals surface area contributed by atoms with Gasteiger partial charge in [-0.05, 0) is 5.53 Å². The maximum Gasteiger partial charge on any atom is 0.349 e. The van der Waals surface area contributed by atoms with Gasteiger partial charge in [0.15, 0.2) is 6.10 Å². The molecule has 0 radical (unpaired) electrons. The molecule has 0 heterocycles. The molecule has 0 bridgehead atoms. The van der Waals surface area contributed by atoms with Crippen molar-refractivity contribution in [2.45, 2.75) is 24.4 Å². The third-order valence-corrected chi connectivity index (χ3v) is 1.66. The largest absolute Gasteiger partial charge is 0.394 e. The molecule has 0 rings (SSSR count). The fraction of sp³-hybridized carbons (Fsp3) is 0.833. The van der Waals surface area contributed by atoms with Gasteiger partial charge in [-0.25, -0.2) is 4.79 Å². The van der Waals surface area contributed by atoms with E-state index < -0.39 is 37.0 Å². The predicted molar refractivity (Wildman–Crippen MR) is 46.4 cm³/mol. The van der Waals surface area contributed by atoms with Crippen LogP contribution in [-0.4, -0.2) is 62.5 Å². The minimum absolute atomic E-state index is 0.879. The molecule has 10 nitrogen and oxygen atoms in total. The second kappa shape index (κ2) is 6.95. The van der Waals surface area contributed by atoms with Crippen molar-refractivity contribution in [3.05, 3.63) is 10.4 Å². The Hall–Kier alpha value is -1.42. The van der Waals surface area contributed by atoms with Crippen molar-refractivity contribution >= 4 is 5.97 Å². The molecule has 0 saturated carbocycles. The van der Waals surface area contributed by atoms with Crippen molar-refractivity contribution in [1.29, 1.82) is 0 Å². The number of aliphatic hydroxyl groups excluding tert-OH is 5. The summed E-state index contributed by atoms with van der Waals surface area (Å²) < 4.78 is 0. The number of hydrogen-bond acceptors (Lipinski definition) is 8. The Bertz CT molecular complexity index is 279. The molecule has 16 heavy (non-hydrogen) atoms. The topological polar surface area (TPSA) is 176 Å². The summed E-state index contributed by atoms with van der Waals surface area (Å²) in [5.41, 5.74) is 7.79. The quantitative estimate of drug-likeness (QED) is 0.143. The molecular weight excluding hydrogens is 226 g/mol. The molecular formula is C6H11N3O7. The molecule has 0 aromatic rings. The summed E-state index contributed by atoms with van der Waals surface area (Å²) in [7, 11) is 0. The Kier molecular flexibility index (Phi) is 6.34. The van der Waals surface area contributed by atoms with Gasteiger partial charge in [0.2, 0.25) is 0 Å². The molecule has 0 aromatic heterocycles. The summed E-state index contributed by atoms with van der Waals surface area (Å²) in [4.78, 5) is 16.6. The van der Waals surface area contributed by atoms with E-state index in [9.17, 15) is 4.79 Å². The van der Waals surface area contributed by atoms with E-state index >= 15 is 0 Å². The van der Waals surface area contributed by atoms with Crippen LogP contribution in [0.1, 0.15) is 0 Å². The lowest BCUT2D eigenvalue weighted by Crippen LogP contribution is -2.48. The van der Waals surface area contributed by atoms with E-state index in [1.807, 2.05) is 0 Å². The zero-order valence-electron chi connectivity index (χ0n) is 7.91. The average molecular weight is 237 g/mol. The second-order valence-corrected chi connectivity index (χ2v) is 2.76. The molecule has 92 valence electrons. The summed E-state index contributed by atoms with van der Waals surface area (Å²) >= 11 is 0. The SMILES string of the molecule is [N-]=[N+]=NOC(=O)[C@@H](O)[C@H](O)[C@@H](O)[C@H](O)CO. The maximum atomic E-state index is 10.8. The zero-order valence-corrected chi connectivity index (χ0v) is 7.91. The van der Waals surface area contributed by atoms with Crippen LogP contribution < -0.4 is 0 Å². The Balaban J connectivity index is 4.41. The molecule has 0 fully saturated rings. The summed E-state index contributed by atoms with van der Waals surface area (Å²) in [5, 5.41) is 47.0. The minimum atomic E-state index is -2.22. The fourth-order valence-corrected chi connectivity index (χ4v) is 0.774. The smallest absolute Gasteiger partial charge is 0.349 e. The van der Waals surface area contributed by atoms with Crippen LogP contribution in [0.2, 0.25) is 0 Å². The van der Waals surface area contributed by atoms with E-state index in [4.69, 9.17) is 31.1 Å². The number of carbonyl (C=O) groups excluding carboxylic acids is 1. The lowest BCUT2D eigenvalue weighted by Gasteiger charge is -2.23. The van der Waals surface area contributed by atoms with Crippen LogP contribution in [0.4, 0.5) is 0 Å². The highest BCUT2D eigenvalue weighted by Crippen LogP contribution is 2.06. The van der Waals surface area contributed by atoms with Gasteiger partial charge in [-0.3, -0.25) is 0 Å². The molecule has 10 heteroatoms. The third kappa shape index (κ3) is 3.98. The lowest BCUT2D eigenvalue weighted by molar-refractivity contribution is -0.170. The Morgan fingerprint density at radius 1 is 1.31 bits per heavy atom. The summed E-state index contributed by atoms with van der Waals surface area (Å²) in [6.07, 6.45) is -8.01. The van der Waals surface area contributed by atoms with Gasteiger partial charge in [-0.15, -0.1) is 0 Å². The molecule has 5 N–H and O–H groups in total. The van der Waals surface area contributed by atoms with Gasteiger partial charge in [-0.2, -0.15) is 0 Å². The number of nitrogens with zero attached hydrogens (tertiary/aromatic N) is 3. The number of hydrogen-bond donors (Lipinski definition) is 5. The Morgan fingerprint density at radius 2 is 1.88 bits per heavy atom. The number of aliphatic hydroxyl groups is 5. The van der Waals surface area contributed by atoms with Crippen molar-refractivity contribution in [2.24, 2.45) is 5.28 Å². The van der Waals surface area contributed by atoms with E-state index in [0.717, 1.165) is 0 Å². The van der Waals surface area contributed by atoms with Crippen LogP contribution in [0, 0.1) is 0 Å². The van der Waals surface area contributed by atoms with Gasteiger partial charge in [0.05, 0.1) is 6.61 Å². The van der Waals surface area contributed by atoms with Gasteiger partial charge in [0.1, 0.15) is 23.6 Å². The third-order valence-electron chi connectivity index (χ3n) is 1.66. The molecule has 0 amide bonds. The van der Waals surface area contributed by atoms with Gasteiger partial charge in [-0.1, -0.05) is 0 Å². The summed E-state index contributed by atoms with van der Waals surface area (Å²) in [6.45, 7) is -0.879. The highest BCUT2D eigenvalue weighted by molar-refractivity contribution is 5.74. The van der Waals surface area contributed by atoms with E-state index in [2.05, 4.69) is 15.0 Å². The van der Waals surface area contributed by atoms with Crippen LogP contribution in [0.5, 0.6) is 0 Å². The zero-order chi connectivity index (χ0) is 12.7. The molecule has 0 saturated heterocycles. The normalized spacial score (nSPS) is 17.8. The van der Waals surface area contributed by atoms with E-state index in [0.29, 0.717) is 0 Å². The van der Waals surface area contributed by atoms with E-state index in [-0.39, 0.29) is 0 Å². The van der Waals surface area contributed by atoms with Crippen LogP contribution >= 0.6 is 0 Å². The van der Waals surface area contributed by atoms with Crippen LogP contribution in [-0.2, 0) is 9.63 Å². The Labute approximate surface area is 88.9 Å². The number of azide groups is 1. The van der Waals surface area contributed by atoms with Crippen LogP contribution in [0.15, 0.2) is 5.28 Å². The predicted octanol–water partition coefficient (Wildman–Crippen LogP) is -2.81. The standard InChI is InChI=1S/C6H11N3O7/c7-8-9-16-6(15)5(14)4(13)3(12)2(11)1-10/h2-5,10-14H,1H2/t2-,3+,4-,5+/m1/s1. The fourth-order valence-electron chi connectivity index (χ4n) is 0.774. The molecule has 0 aliphatic heterocycles. The first-order valence-electron chi connectivity index (χ1n) is 4.04. The van der Waals surface area contributed by atoms with Crippen molar-refractivity contribution in [2.75, 3.05) is 6.61 Å². The van der Waals surface area contributed by atoms with Gasteiger partial charge in [0.25, 0.3) is 0 Å².